The molecular formula is C36H43N3O4S. The molecule has 7 nitrogen and oxygen atoms in total. The molecule has 0 saturated heterocycles. The molecule has 4 aromatic rings. The van der Waals surface area contributed by atoms with Crippen molar-refractivity contribution in [2.75, 3.05) is 25.1 Å². The maximum absolute atomic E-state index is 12.9. The Labute approximate surface area is 263 Å². The molecule has 4 rings (SSSR count). The molecule has 232 valence electrons. The summed E-state index contributed by atoms with van der Waals surface area (Å²) in [6.07, 6.45) is 11.0. The van der Waals surface area contributed by atoms with Crippen LogP contribution in [0.5, 0.6) is 5.75 Å². The van der Waals surface area contributed by atoms with Gasteiger partial charge >= 0.3 is 0 Å². The fourth-order valence-electron chi connectivity index (χ4n) is 4.73. The third kappa shape index (κ3) is 9.76. The molecule has 3 aromatic carbocycles. The summed E-state index contributed by atoms with van der Waals surface area (Å²) in [6, 6.07) is 21.5. The van der Waals surface area contributed by atoms with E-state index in [0.717, 1.165) is 72.5 Å². The zero-order chi connectivity index (χ0) is 31.1. The number of imidazole rings is 1. The molecule has 0 bridgehead atoms. The fourth-order valence-corrected chi connectivity index (χ4v) is 5.85. The summed E-state index contributed by atoms with van der Waals surface area (Å²) in [5.41, 5.74) is 5.90. The van der Waals surface area contributed by atoms with Gasteiger partial charge in [-0.2, -0.15) is 0 Å². The van der Waals surface area contributed by atoms with Gasteiger partial charge in [-0.05, 0) is 90.1 Å². The average Bonchev–Trinajstić information content (AvgIpc) is 3.48. The van der Waals surface area contributed by atoms with Crippen LogP contribution in [-0.4, -0.2) is 39.5 Å². The predicted molar refractivity (Wildman–Crippen MR) is 179 cm³/mol. The van der Waals surface area contributed by atoms with Crippen molar-refractivity contribution in [2.45, 2.75) is 63.6 Å². The van der Waals surface area contributed by atoms with Gasteiger partial charge in [-0.25, -0.2) is 4.98 Å². The second kappa shape index (κ2) is 17.3. The molecule has 1 aromatic heterocycles. The zero-order valence-electron chi connectivity index (χ0n) is 26.0. The summed E-state index contributed by atoms with van der Waals surface area (Å²) in [6.45, 7) is 9.10. The molecule has 0 spiro atoms. The van der Waals surface area contributed by atoms with E-state index in [1.54, 1.807) is 42.9 Å². The zero-order valence-corrected chi connectivity index (χ0v) is 26.8. The van der Waals surface area contributed by atoms with E-state index in [9.17, 15) is 9.00 Å². The van der Waals surface area contributed by atoms with Crippen LogP contribution in [0, 0.1) is 0 Å². The van der Waals surface area contributed by atoms with Crippen LogP contribution in [-0.2, 0) is 39.0 Å². The summed E-state index contributed by atoms with van der Waals surface area (Å²) in [4.78, 5) is 17.7. The van der Waals surface area contributed by atoms with Crippen LogP contribution >= 0.6 is 0 Å². The van der Waals surface area contributed by atoms with Gasteiger partial charge in [-0.15, -0.1) is 0 Å². The van der Waals surface area contributed by atoms with Crippen LogP contribution in [0.3, 0.4) is 0 Å². The van der Waals surface area contributed by atoms with Crippen molar-refractivity contribution in [3.8, 4) is 16.9 Å². The number of carbonyl (C=O) groups excluding carboxylic acids is 1. The first kappa shape index (κ1) is 32.9. The summed E-state index contributed by atoms with van der Waals surface area (Å²) in [5, 5.41) is 2.91. The van der Waals surface area contributed by atoms with Crippen molar-refractivity contribution in [2.24, 2.45) is 0 Å². The number of benzene rings is 3. The van der Waals surface area contributed by atoms with E-state index in [0.29, 0.717) is 29.5 Å². The second-order valence-electron chi connectivity index (χ2n) is 10.5. The van der Waals surface area contributed by atoms with Crippen LogP contribution in [0.15, 0.2) is 90.2 Å². The molecule has 0 aliphatic rings. The van der Waals surface area contributed by atoms with Gasteiger partial charge in [0.15, 0.2) is 0 Å². The topological polar surface area (TPSA) is 82.4 Å². The monoisotopic (exact) mass is 613 g/mol. The highest BCUT2D eigenvalue weighted by Crippen LogP contribution is 2.26. The Bertz CT molecular complexity index is 1530. The van der Waals surface area contributed by atoms with Gasteiger partial charge in [-0.1, -0.05) is 51.5 Å². The molecule has 0 saturated carbocycles. The molecule has 8 heteroatoms. The Morgan fingerprint density at radius 3 is 2.43 bits per heavy atom. The number of unbranched alkanes of at least 4 members (excludes halogenated alkanes) is 1. The van der Waals surface area contributed by atoms with E-state index in [1.165, 1.54) is 0 Å². The number of carbonyl (C=O) groups is 1. The number of nitrogens with zero attached hydrogens (tertiary/aromatic N) is 2. The largest absolute Gasteiger partial charge is 0.491 e. The summed E-state index contributed by atoms with van der Waals surface area (Å²) < 4.78 is 26.3. The van der Waals surface area contributed by atoms with E-state index in [-0.39, 0.29) is 5.91 Å². The highest BCUT2D eigenvalue weighted by Gasteiger charge is 2.10. The Morgan fingerprint density at radius 2 is 1.70 bits per heavy atom. The maximum atomic E-state index is 12.9. The van der Waals surface area contributed by atoms with Crippen molar-refractivity contribution < 1.29 is 18.5 Å². The van der Waals surface area contributed by atoms with E-state index in [4.69, 9.17) is 9.47 Å². The molecule has 1 atom stereocenters. The van der Waals surface area contributed by atoms with Crippen LogP contribution in [0.25, 0.3) is 17.2 Å². The molecule has 0 aliphatic carbocycles. The first-order valence-corrected chi connectivity index (χ1v) is 16.7. The molecule has 0 unspecified atom stereocenters. The normalized spacial score (nSPS) is 12.0. The number of aromatic nitrogens is 2. The lowest BCUT2D eigenvalue weighted by Crippen LogP contribution is -2.08. The quantitative estimate of drug-likeness (QED) is 0.0976. The van der Waals surface area contributed by atoms with E-state index >= 15 is 0 Å². The summed E-state index contributed by atoms with van der Waals surface area (Å²) in [7, 11) is -1.20. The minimum atomic E-state index is -1.20. The van der Waals surface area contributed by atoms with Gasteiger partial charge < -0.3 is 19.4 Å². The first-order valence-electron chi connectivity index (χ1n) is 15.4. The van der Waals surface area contributed by atoms with Gasteiger partial charge in [0.1, 0.15) is 12.4 Å². The van der Waals surface area contributed by atoms with Crippen molar-refractivity contribution in [3.63, 3.8) is 0 Å². The lowest BCUT2D eigenvalue weighted by atomic mass is 9.97. The number of nitrogens with one attached hydrogen (secondary N) is 1. The number of hydrogen-bond donors (Lipinski definition) is 1. The molecule has 0 radical (unpaired) electrons. The lowest BCUT2D eigenvalue weighted by molar-refractivity contribution is -0.111. The standard InChI is InChI=1S/C36H43N3O4S/c1-4-7-21-42-22-23-43-34-15-10-29(11-16-34)31-9-8-28(6-3)30(24-31)12-19-36(40)38-32-13-17-35(18-14-32)44(41)26-33-25-37-27-39(33)20-5-2/h8-19,24-25,27H,4-7,20-23,26H2,1-3H3,(H,38,40)/b19-12+/t44-/m0/s1. The third-order valence-corrected chi connectivity index (χ3v) is 8.55. The maximum Gasteiger partial charge on any atom is 0.248 e. The van der Waals surface area contributed by atoms with Gasteiger partial charge in [-0.3, -0.25) is 9.00 Å². The SMILES string of the molecule is CCCCOCCOc1ccc(-c2ccc(CC)c(/C=C/C(=O)Nc3ccc([S@@](=O)Cc4cncn4CCC)cc3)c2)cc1. The summed E-state index contributed by atoms with van der Waals surface area (Å²) in [5.74, 6) is 0.989. The number of ether oxygens (including phenoxy) is 2. The Balaban J connectivity index is 1.33. The predicted octanol–water partition coefficient (Wildman–Crippen LogP) is 7.68. The average molecular weight is 614 g/mol. The highest BCUT2D eigenvalue weighted by atomic mass is 32.2. The smallest absolute Gasteiger partial charge is 0.248 e. The number of rotatable bonds is 17. The van der Waals surface area contributed by atoms with Crippen molar-refractivity contribution in [1.29, 1.82) is 0 Å². The van der Waals surface area contributed by atoms with Gasteiger partial charge in [0, 0.05) is 36.0 Å². The number of amides is 1. The number of anilines is 1. The van der Waals surface area contributed by atoms with Crippen LogP contribution in [0.1, 0.15) is 56.9 Å². The lowest BCUT2D eigenvalue weighted by Gasteiger charge is -2.10. The van der Waals surface area contributed by atoms with E-state index < -0.39 is 10.8 Å². The number of aryl methyl sites for hydroxylation is 2. The second-order valence-corrected chi connectivity index (χ2v) is 12.0. The van der Waals surface area contributed by atoms with Gasteiger partial charge in [0.2, 0.25) is 5.91 Å². The van der Waals surface area contributed by atoms with E-state index in [1.807, 2.05) is 34.9 Å². The van der Waals surface area contributed by atoms with Crippen LogP contribution < -0.4 is 10.1 Å². The third-order valence-electron chi connectivity index (χ3n) is 7.19. The van der Waals surface area contributed by atoms with Gasteiger partial charge in [0.05, 0.1) is 35.2 Å². The molecule has 0 fully saturated rings. The Kier molecular flexibility index (Phi) is 13.0. The highest BCUT2D eigenvalue weighted by molar-refractivity contribution is 7.84. The summed E-state index contributed by atoms with van der Waals surface area (Å²) >= 11 is 0. The molecular weight excluding hydrogens is 570 g/mol. The van der Waals surface area contributed by atoms with Crippen LogP contribution in [0.2, 0.25) is 0 Å². The van der Waals surface area contributed by atoms with Gasteiger partial charge in [0.25, 0.3) is 0 Å². The minimum absolute atomic E-state index is 0.227. The molecule has 1 amide bonds. The molecule has 44 heavy (non-hydrogen) atoms. The first-order chi connectivity index (χ1) is 21.5. The molecule has 0 aliphatic heterocycles. The minimum Gasteiger partial charge on any atom is -0.491 e. The van der Waals surface area contributed by atoms with Crippen LogP contribution in [0.4, 0.5) is 5.69 Å². The van der Waals surface area contributed by atoms with Crippen molar-refractivity contribution in [3.05, 3.63) is 102 Å². The fraction of sp³-hybridized carbons (Fsp3) is 0.333. The Morgan fingerprint density at radius 1 is 0.932 bits per heavy atom. The molecule has 1 heterocycles. The van der Waals surface area contributed by atoms with Crippen molar-refractivity contribution >= 4 is 28.5 Å². The van der Waals surface area contributed by atoms with Crippen molar-refractivity contribution in [1.82, 2.24) is 9.55 Å². The molecule has 1 N–H and O–H groups in total. The number of hydrogen-bond acceptors (Lipinski definition) is 5. The Hall–Kier alpha value is -4.01. The van der Waals surface area contributed by atoms with E-state index in [2.05, 4.69) is 49.3 Å².